The molecule has 0 radical (unpaired) electrons. The van der Waals surface area contributed by atoms with Crippen LogP contribution < -0.4 is 0 Å². The number of likely N-dealkylation sites (tertiary alicyclic amines) is 1. The van der Waals surface area contributed by atoms with Crippen molar-refractivity contribution in [1.29, 1.82) is 0 Å². The average Bonchev–Trinajstić information content (AvgIpc) is 2.38. The normalized spacial score (nSPS) is 21.9. The summed E-state index contributed by atoms with van der Waals surface area (Å²) < 4.78 is 0. The summed E-state index contributed by atoms with van der Waals surface area (Å²) in [5.41, 5.74) is 1.40. The van der Waals surface area contributed by atoms with Crippen LogP contribution in [-0.4, -0.2) is 54.6 Å². The standard InChI is InChI=1S/C14H23N3/c1-16(2)14-4-3-10-17(12-14)11-7-13-5-8-15-9-6-13/h5-6,8-9,14H,3-4,7,10-12H2,1-2H3. The zero-order valence-corrected chi connectivity index (χ0v) is 11.0. The molecule has 1 aliphatic rings. The van der Waals surface area contributed by atoms with Gasteiger partial charge in [0, 0.05) is 31.5 Å². The van der Waals surface area contributed by atoms with Crippen molar-refractivity contribution in [2.45, 2.75) is 25.3 Å². The Kier molecular flexibility index (Phi) is 4.51. The zero-order valence-electron chi connectivity index (χ0n) is 11.0. The molecular weight excluding hydrogens is 210 g/mol. The summed E-state index contributed by atoms with van der Waals surface area (Å²) in [7, 11) is 4.38. The van der Waals surface area contributed by atoms with Crippen LogP contribution >= 0.6 is 0 Å². The van der Waals surface area contributed by atoms with E-state index in [9.17, 15) is 0 Å². The van der Waals surface area contributed by atoms with Gasteiger partial charge in [0.05, 0.1) is 0 Å². The van der Waals surface area contributed by atoms with Crippen molar-refractivity contribution < 1.29 is 0 Å². The molecule has 17 heavy (non-hydrogen) atoms. The van der Waals surface area contributed by atoms with Gasteiger partial charge >= 0.3 is 0 Å². The number of piperidine rings is 1. The van der Waals surface area contributed by atoms with Crippen molar-refractivity contribution in [3.05, 3.63) is 30.1 Å². The zero-order chi connectivity index (χ0) is 12.1. The maximum Gasteiger partial charge on any atom is 0.0270 e. The van der Waals surface area contributed by atoms with Crippen LogP contribution in [0.25, 0.3) is 0 Å². The van der Waals surface area contributed by atoms with Crippen molar-refractivity contribution in [2.24, 2.45) is 0 Å². The molecule has 1 fully saturated rings. The predicted molar refractivity (Wildman–Crippen MR) is 71.1 cm³/mol. The summed E-state index contributed by atoms with van der Waals surface area (Å²) in [5, 5.41) is 0. The SMILES string of the molecule is CN(C)C1CCCN(CCc2ccncc2)C1. The van der Waals surface area contributed by atoms with Gasteiger partial charge < -0.3 is 9.80 Å². The lowest BCUT2D eigenvalue weighted by Gasteiger charge is -2.36. The Morgan fingerprint density at radius 1 is 1.35 bits per heavy atom. The highest BCUT2D eigenvalue weighted by atomic mass is 15.2. The van der Waals surface area contributed by atoms with Crippen molar-refractivity contribution >= 4 is 0 Å². The number of aromatic nitrogens is 1. The molecule has 0 spiro atoms. The molecule has 3 heteroatoms. The van der Waals surface area contributed by atoms with Crippen LogP contribution in [0.3, 0.4) is 0 Å². The van der Waals surface area contributed by atoms with Crippen LogP contribution in [0.5, 0.6) is 0 Å². The van der Waals surface area contributed by atoms with E-state index >= 15 is 0 Å². The Balaban J connectivity index is 1.79. The highest BCUT2D eigenvalue weighted by Crippen LogP contribution is 2.14. The molecule has 0 bridgehead atoms. The molecule has 0 aliphatic carbocycles. The van der Waals surface area contributed by atoms with Gasteiger partial charge in [-0.15, -0.1) is 0 Å². The number of pyridine rings is 1. The van der Waals surface area contributed by atoms with E-state index in [1.165, 1.54) is 38.0 Å². The summed E-state index contributed by atoms with van der Waals surface area (Å²) in [4.78, 5) is 9.01. The molecule has 0 N–H and O–H groups in total. The number of likely N-dealkylation sites (N-methyl/N-ethyl adjacent to an activating group) is 1. The van der Waals surface area contributed by atoms with Gasteiger partial charge in [-0.25, -0.2) is 0 Å². The van der Waals surface area contributed by atoms with Crippen molar-refractivity contribution in [1.82, 2.24) is 14.8 Å². The molecule has 2 rings (SSSR count). The van der Waals surface area contributed by atoms with E-state index in [1.54, 1.807) is 0 Å². The Labute approximate surface area is 104 Å². The molecule has 1 unspecified atom stereocenters. The molecule has 0 amide bonds. The molecule has 0 saturated carbocycles. The molecule has 1 aliphatic heterocycles. The first-order valence-electron chi connectivity index (χ1n) is 6.53. The summed E-state index contributed by atoms with van der Waals surface area (Å²) in [6.07, 6.45) is 7.59. The fourth-order valence-corrected chi connectivity index (χ4v) is 2.49. The third-order valence-corrected chi connectivity index (χ3v) is 3.68. The number of nitrogens with zero attached hydrogens (tertiary/aromatic N) is 3. The van der Waals surface area contributed by atoms with Crippen molar-refractivity contribution in [3.63, 3.8) is 0 Å². The Morgan fingerprint density at radius 3 is 2.82 bits per heavy atom. The highest BCUT2D eigenvalue weighted by Gasteiger charge is 2.20. The molecule has 94 valence electrons. The molecule has 3 nitrogen and oxygen atoms in total. The van der Waals surface area contributed by atoms with E-state index in [1.807, 2.05) is 12.4 Å². The van der Waals surface area contributed by atoms with Gasteiger partial charge in [-0.3, -0.25) is 4.98 Å². The molecule has 1 saturated heterocycles. The van der Waals surface area contributed by atoms with Crippen molar-refractivity contribution in [3.8, 4) is 0 Å². The van der Waals surface area contributed by atoms with Gasteiger partial charge in [-0.2, -0.15) is 0 Å². The highest BCUT2D eigenvalue weighted by molar-refractivity contribution is 5.09. The van der Waals surface area contributed by atoms with Gasteiger partial charge in [0.1, 0.15) is 0 Å². The van der Waals surface area contributed by atoms with Crippen LogP contribution in [0, 0.1) is 0 Å². The summed E-state index contributed by atoms with van der Waals surface area (Å²) in [5.74, 6) is 0. The van der Waals surface area contributed by atoms with Gasteiger partial charge in [0.2, 0.25) is 0 Å². The molecule has 0 aromatic carbocycles. The van der Waals surface area contributed by atoms with Crippen LogP contribution in [0.1, 0.15) is 18.4 Å². The van der Waals surface area contributed by atoms with Gasteiger partial charge in [0.25, 0.3) is 0 Å². The van der Waals surface area contributed by atoms with Gasteiger partial charge in [-0.05, 0) is 57.6 Å². The minimum Gasteiger partial charge on any atom is -0.305 e. The largest absolute Gasteiger partial charge is 0.305 e. The summed E-state index contributed by atoms with van der Waals surface area (Å²) in [6.45, 7) is 3.65. The van der Waals surface area contributed by atoms with E-state index in [0.29, 0.717) is 0 Å². The second kappa shape index (κ2) is 6.12. The maximum atomic E-state index is 4.06. The van der Waals surface area contributed by atoms with Crippen LogP contribution in [0.4, 0.5) is 0 Å². The molecule has 1 aromatic heterocycles. The Hall–Kier alpha value is -0.930. The lowest BCUT2D eigenvalue weighted by molar-refractivity contribution is 0.134. The Bertz CT molecular complexity index is 323. The molecule has 1 aromatic rings. The lowest BCUT2D eigenvalue weighted by Crippen LogP contribution is -2.45. The molecule has 1 atom stereocenters. The monoisotopic (exact) mass is 233 g/mol. The fourth-order valence-electron chi connectivity index (χ4n) is 2.49. The quantitative estimate of drug-likeness (QED) is 0.788. The van der Waals surface area contributed by atoms with E-state index < -0.39 is 0 Å². The van der Waals surface area contributed by atoms with E-state index in [2.05, 4.69) is 41.0 Å². The number of hydrogen-bond acceptors (Lipinski definition) is 3. The third-order valence-electron chi connectivity index (χ3n) is 3.68. The molecular formula is C14H23N3. The predicted octanol–water partition coefficient (Wildman–Crippen LogP) is 1.65. The third kappa shape index (κ3) is 3.79. The molecule has 2 heterocycles. The summed E-state index contributed by atoms with van der Waals surface area (Å²) in [6, 6.07) is 4.97. The Morgan fingerprint density at radius 2 is 2.12 bits per heavy atom. The lowest BCUT2D eigenvalue weighted by atomic mass is 10.0. The first-order chi connectivity index (χ1) is 8.25. The second-order valence-corrected chi connectivity index (χ2v) is 5.17. The maximum absolute atomic E-state index is 4.06. The minimum absolute atomic E-state index is 0.737. The first kappa shape index (κ1) is 12.5. The van der Waals surface area contributed by atoms with Crippen molar-refractivity contribution in [2.75, 3.05) is 33.7 Å². The number of hydrogen-bond donors (Lipinski definition) is 0. The minimum atomic E-state index is 0.737. The topological polar surface area (TPSA) is 19.4 Å². The number of rotatable bonds is 4. The second-order valence-electron chi connectivity index (χ2n) is 5.17. The van der Waals surface area contributed by atoms with E-state index in [0.717, 1.165) is 12.5 Å². The smallest absolute Gasteiger partial charge is 0.0270 e. The average molecular weight is 233 g/mol. The van der Waals surface area contributed by atoms with Gasteiger partial charge in [-0.1, -0.05) is 0 Å². The van der Waals surface area contributed by atoms with E-state index in [4.69, 9.17) is 0 Å². The summed E-state index contributed by atoms with van der Waals surface area (Å²) >= 11 is 0. The van der Waals surface area contributed by atoms with Crippen LogP contribution in [0.15, 0.2) is 24.5 Å². The fraction of sp³-hybridized carbons (Fsp3) is 0.643. The van der Waals surface area contributed by atoms with Crippen LogP contribution in [-0.2, 0) is 6.42 Å². The van der Waals surface area contributed by atoms with Crippen LogP contribution in [0.2, 0.25) is 0 Å². The van der Waals surface area contributed by atoms with Gasteiger partial charge in [0.15, 0.2) is 0 Å². The van der Waals surface area contributed by atoms with E-state index in [-0.39, 0.29) is 0 Å². The first-order valence-corrected chi connectivity index (χ1v) is 6.53.